The summed E-state index contributed by atoms with van der Waals surface area (Å²) >= 11 is 0. The van der Waals surface area contributed by atoms with Gasteiger partial charge in [0.25, 0.3) is 0 Å². The number of ether oxygens (including phenoxy) is 1. The molecule has 2 fully saturated rings. The van der Waals surface area contributed by atoms with Gasteiger partial charge in [0, 0.05) is 31.9 Å². The Morgan fingerprint density at radius 3 is 2.34 bits per heavy atom. The van der Waals surface area contributed by atoms with E-state index in [0.29, 0.717) is 63.1 Å². The Balaban J connectivity index is 1.24. The number of benzene rings is 2. The van der Waals surface area contributed by atoms with Crippen LogP contribution in [0, 0.1) is 5.92 Å². The minimum Gasteiger partial charge on any atom is -0.506 e. The summed E-state index contributed by atoms with van der Waals surface area (Å²) in [4.78, 5) is 26.2. The van der Waals surface area contributed by atoms with E-state index in [4.69, 9.17) is 4.74 Å². The molecule has 2 aliphatic heterocycles. The molecule has 0 aromatic heterocycles. The van der Waals surface area contributed by atoms with Crippen molar-refractivity contribution < 1.29 is 41.4 Å². The Hall–Kier alpha value is -3.44. The van der Waals surface area contributed by atoms with Crippen molar-refractivity contribution in [2.24, 2.45) is 5.92 Å². The third kappa shape index (κ3) is 8.38. The van der Waals surface area contributed by atoms with Gasteiger partial charge in [-0.15, -0.1) is 0 Å². The number of aliphatic hydroxyl groups is 1. The number of amides is 2. The predicted octanol–water partition coefficient (Wildman–Crippen LogP) is 1.66. The zero-order valence-electron chi connectivity index (χ0n) is 24.6. The average Bonchev–Trinajstić information content (AvgIpc) is 3.48. The molecule has 2 heterocycles. The molecular weight excluding hydrogens is 614 g/mol. The van der Waals surface area contributed by atoms with Crippen LogP contribution in [0.3, 0.4) is 0 Å². The van der Waals surface area contributed by atoms with Crippen molar-refractivity contribution in [3.63, 3.8) is 0 Å². The number of carbonyl (C=O) groups excluding carboxylic acids is 2. The molecule has 2 aromatic carbocycles. The first kappa shape index (κ1) is 33.5. The van der Waals surface area contributed by atoms with E-state index in [1.54, 1.807) is 0 Å². The Morgan fingerprint density at radius 1 is 1.02 bits per heavy atom. The van der Waals surface area contributed by atoms with E-state index in [1.165, 1.54) is 58.8 Å². The molecule has 0 unspecified atom stereocenters. The minimum atomic E-state index is -3.74. The highest BCUT2D eigenvalue weighted by atomic mass is 32.2. The third-order valence-electron chi connectivity index (χ3n) is 7.78. The molecule has 2 aliphatic rings. The van der Waals surface area contributed by atoms with Gasteiger partial charge < -0.3 is 30.5 Å². The molecule has 5 N–H and O–H groups in total. The maximum atomic E-state index is 13.3. The lowest BCUT2D eigenvalue weighted by atomic mass is 9.98. The Kier molecular flexibility index (Phi) is 10.7. The van der Waals surface area contributed by atoms with Crippen LogP contribution in [0.15, 0.2) is 47.4 Å². The number of carbonyl (C=O) groups is 2. The number of nitrogens with one attached hydrogen (secondary N) is 3. The monoisotopic (exact) mass is 653 g/mol. The highest BCUT2D eigenvalue weighted by Gasteiger charge is 2.35. The number of urea groups is 1. The van der Waals surface area contributed by atoms with Gasteiger partial charge >= 0.3 is 12.0 Å². The van der Waals surface area contributed by atoms with Crippen molar-refractivity contribution in [1.82, 2.24) is 14.5 Å². The van der Waals surface area contributed by atoms with E-state index in [1.807, 2.05) is 0 Å². The number of sulfonamides is 2. The summed E-state index contributed by atoms with van der Waals surface area (Å²) in [6.45, 7) is 1.83. The van der Waals surface area contributed by atoms with Crippen LogP contribution in [0.4, 0.5) is 16.2 Å². The first-order chi connectivity index (χ1) is 20.8. The molecule has 2 atom stereocenters. The molecular formula is C28H39N5O9S2. The average molecular weight is 654 g/mol. The number of piperidine rings is 1. The number of phenolic OH excluding ortho intramolecular Hbond substituents is 1. The second kappa shape index (κ2) is 14.1. The molecule has 16 heteroatoms. The third-order valence-corrected chi connectivity index (χ3v) is 10.3. The number of aromatic hydroxyl groups is 1. The van der Waals surface area contributed by atoms with Gasteiger partial charge in [0.05, 0.1) is 30.1 Å². The maximum Gasteiger partial charge on any atom is 0.328 e. The highest BCUT2D eigenvalue weighted by Crippen LogP contribution is 2.28. The summed E-state index contributed by atoms with van der Waals surface area (Å²) in [7, 11) is -6.07. The quantitative estimate of drug-likeness (QED) is 0.176. The number of methoxy groups -OCH3 is 1. The smallest absolute Gasteiger partial charge is 0.328 e. The first-order valence-corrected chi connectivity index (χ1v) is 17.6. The van der Waals surface area contributed by atoms with Crippen molar-refractivity contribution in [2.75, 3.05) is 56.1 Å². The van der Waals surface area contributed by atoms with E-state index < -0.39 is 44.2 Å². The normalized spacial score (nSPS) is 19.0. The van der Waals surface area contributed by atoms with E-state index in [9.17, 15) is 36.6 Å². The number of likely N-dealkylation sites (tertiary alicyclic amines) is 1. The summed E-state index contributed by atoms with van der Waals surface area (Å²) in [6.07, 6.45) is 2.47. The number of phenols is 1. The number of anilines is 2. The van der Waals surface area contributed by atoms with Gasteiger partial charge in [-0.3, -0.25) is 4.72 Å². The predicted molar refractivity (Wildman–Crippen MR) is 163 cm³/mol. The van der Waals surface area contributed by atoms with E-state index in [0.717, 1.165) is 6.26 Å². The van der Waals surface area contributed by atoms with Gasteiger partial charge in [-0.2, -0.15) is 4.31 Å². The summed E-state index contributed by atoms with van der Waals surface area (Å²) < 4.78 is 57.9. The van der Waals surface area contributed by atoms with Gasteiger partial charge in [-0.1, -0.05) is 6.07 Å². The minimum absolute atomic E-state index is 0.0205. The summed E-state index contributed by atoms with van der Waals surface area (Å²) in [5.74, 6) is -0.533. The van der Waals surface area contributed by atoms with Crippen LogP contribution in [0.5, 0.6) is 5.75 Å². The van der Waals surface area contributed by atoms with E-state index in [2.05, 4.69) is 15.4 Å². The van der Waals surface area contributed by atoms with Crippen molar-refractivity contribution in [3.05, 3.63) is 48.0 Å². The summed E-state index contributed by atoms with van der Waals surface area (Å²) in [5, 5.41) is 26.3. The summed E-state index contributed by atoms with van der Waals surface area (Å²) in [6, 6.07) is 9.03. The summed E-state index contributed by atoms with van der Waals surface area (Å²) in [5.41, 5.74) is 0.814. The zero-order chi connectivity index (χ0) is 32.1. The fourth-order valence-electron chi connectivity index (χ4n) is 5.38. The molecule has 0 aliphatic carbocycles. The number of nitrogens with zero attached hydrogens (tertiary/aromatic N) is 2. The lowest BCUT2D eigenvalue weighted by molar-refractivity contribution is -0.144. The molecule has 0 saturated carbocycles. The van der Waals surface area contributed by atoms with Crippen LogP contribution in [0.25, 0.3) is 0 Å². The van der Waals surface area contributed by atoms with Crippen LogP contribution in [-0.4, -0.2) is 100 Å². The molecule has 44 heavy (non-hydrogen) atoms. The Morgan fingerprint density at radius 2 is 1.70 bits per heavy atom. The Labute approximate surface area is 257 Å². The molecule has 0 spiro atoms. The molecule has 2 aromatic rings. The van der Waals surface area contributed by atoms with E-state index in [-0.39, 0.29) is 28.8 Å². The van der Waals surface area contributed by atoms with Crippen LogP contribution in [-0.2, 0) is 29.6 Å². The lowest BCUT2D eigenvalue weighted by Crippen LogP contribution is -2.43. The molecule has 4 rings (SSSR count). The number of esters is 1. The molecule has 2 amide bonds. The van der Waals surface area contributed by atoms with Gasteiger partial charge in [-0.05, 0) is 80.1 Å². The molecule has 242 valence electrons. The number of hydrogen-bond acceptors (Lipinski definition) is 10. The van der Waals surface area contributed by atoms with Crippen LogP contribution >= 0.6 is 0 Å². The van der Waals surface area contributed by atoms with Crippen molar-refractivity contribution in [1.29, 1.82) is 0 Å². The van der Waals surface area contributed by atoms with Gasteiger partial charge in [-0.25, -0.2) is 26.4 Å². The lowest BCUT2D eigenvalue weighted by Gasteiger charge is -2.31. The van der Waals surface area contributed by atoms with Crippen LogP contribution < -0.4 is 15.4 Å². The Bertz CT molecular complexity index is 1540. The molecule has 14 nitrogen and oxygen atoms in total. The maximum absolute atomic E-state index is 13.3. The second-order valence-corrected chi connectivity index (χ2v) is 14.7. The molecule has 0 bridgehead atoms. The largest absolute Gasteiger partial charge is 0.506 e. The number of aliphatic hydroxyl groups excluding tert-OH is 1. The first-order valence-electron chi connectivity index (χ1n) is 14.2. The van der Waals surface area contributed by atoms with Crippen molar-refractivity contribution in [3.8, 4) is 5.75 Å². The highest BCUT2D eigenvalue weighted by molar-refractivity contribution is 7.92. The topological polar surface area (TPSA) is 195 Å². The van der Waals surface area contributed by atoms with Gasteiger partial charge in [0.1, 0.15) is 11.8 Å². The SMILES string of the molecule is COC(=O)[C@@H]1CCCN1C(=O)Nc1ccc(S(=O)(=O)N2CCC(CNC[C@H](O)c3ccc(O)c(NS(C)(=O)=O)c3)CC2)cc1. The fraction of sp³-hybridized carbons (Fsp3) is 0.500. The fourth-order valence-corrected chi connectivity index (χ4v) is 7.42. The number of hydrogen-bond donors (Lipinski definition) is 5. The number of rotatable bonds is 11. The second-order valence-electron chi connectivity index (χ2n) is 11.0. The molecule has 0 radical (unpaired) electrons. The van der Waals surface area contributed by atoms with Crippen LogP contribution in [0.2, 0.25) is 0 Å². The van der Waals surface area contributed by atoms with Crippen molar-refractivity contribution >= 4 is 43.4 Å². The van der Waals surface area contributed by atoms with Crippen molar-refractivity contribution in [2.45, 2.75) is 42.7 Å². The van der Waals surface area contributed by atoms with Gasteiger partial charge in [0.15, 0.2) is 0 Å². The zero-order valence-corrected chi connectivity index (χ0v) is 26.2. The standard InChI is InChI=1S/C28H39N5O9S2/c1-42-27(36)24-4-3-13-33(24)28(37)30-21-6-8-22(9-7-21)44(40,41)32-14-11-19(12-15-32)17-29-18-26(35)20-5-10-25(34)23(16-20)31-43(2,38)39/h5-10,16,19,24,26,29,31,34-35H,3-4,11-15,17-18H2,1-2H3,(H,30,37)/t24-,26-/m0/s1. The van der Waals surface area contributed by atoms with Crippen LogP contribution in [0.1, 0.15) is 37.4 Å². The van der Waals surface area contributed by atoms with E-state index >= 15 is 0 Å². The molecule has 2 saturated heterocycles. The van der Waals surface area contributed by atoms with Gasteiger partial charge in [0.2, 0.25) is 20.0 Å².